The van der Waals surface area contributed by atoms with E-state index in [0.29, 0.717) is 5.56 Å². The number of Topliss-reactive ketones (excluding diaryl/α,β-unsaturated/α-hetero) is 1. The second-order valence-electron chi connectivity index (χ2n) is 5.35. The monoisotopic (exact) mass is 450 g/mol. The number of carbonyl (C=O) groups is 4. The largest absolute Gasteiger partial charge is 0.468 e. The number of hydrogen-bond donors (Lipinski definition) is 3. The number of rotatable bonds is 7. The molecule has 0 aliphatic heterocycles. The van der Waals surface area contributed by atoms with Crippen molar-refractivity contribution < 1.29 is 46.8 Å². The highest BCUT2D eigenvalue weighted by Gasteiger charge is 2.42. The van der Waals surface area contributed by atoms with Gasteiger partial charge in [0.2, 0.25) is 5.78 Å². The lowest BCUT2D eigenvalue weighted by Gasteiger charge is -2.15. The maximum Gasteiger partial charge on any atom is 0.357 e. The highest BCUT2D eigenvalue weighted by Crippen LogP contribution is 2.31. The molecule has 1 aromatic rings. The van der Waals surface area contributed by atoms with E-state index in [1.54, 1.807) is 0 Å². The molecule has 0 aliphatic rings. The molecule has 0 saturated carbocycles. The zero-order valence-electron chi connectivity index (χ0n) is 15.1. The number of carbonyl (C=O) groups excluding carboxylic acids is 4. The van der Waals surface area contributed by atoms with Gasteiger partial charge in [-0.3, -0.25) is 18.9 Å². The van der Waals surface area contributed by atoms with Gasteiger partial charge in [0.1, 0.15) is 4.90 Å². The van der Waals surface area contributed by atoms with Gasteiger partial charge in [-0.2, -0.15) is 8.42 Å². The molecule has 3 N–H and O–H groups in total. The molecule has 1 unspecified atom stereocenters. The Labute approximate surface area is 169 Å². The Balaban J connectivity index is 3.43. The van der Waals surface area contributed by atoms with Crippen LogP contribution >= 0.6 is 11.6 Å². The molecule has 0 spiro atoms. The Bertz CT molecular complexity index is 1000. The van der Waals surface area contributed by atoms with Crippen LogP contribution in [-0.2, 0) is 38.8 Å². The number of nitrogens with one attached hydrogen (secondary N) is 1. The first-order chi connectivity index (χ1) is 13.4. The molecular weight excluding hydrogens is 436 g/mol. The van der Waals surface area contributed by atoms with Crippen molar-refractivity contribution in [1.29, 1.82) is 0 Å². The van der Waals surface area contributed by atoms with Crippen LogP contribution in [-0.4, -0.2) is 61.7 Å². The molecule has 0 radical (unpaired) electrons. The van der Waals surface area contributed by atoms with Crippen LogP contribution in [0.1, 0.15) is 5.56 Å². The fraction of sp³-hybridized carbons (Fsp3) is 0.267. The number of ketones is 1. The molecular formula is C15H15ClN2O10S. The van der Waals surface area contributed by atoms with Crippen molar-refractivity contribution in [2.75, 3.05) is 19.5 Å². The number of aryl methyl sites for hydroxylation is 1. The van der Waals surface area contributed by atoms with Gasteiger partial charge < -0.3 is 20.0 Å². The van der Waals surface area contributed by atoms with Gasteiger partial charge in [0.15, 0.2) is 11.6 Å². The van der Waals surface area contributed by atoms with Crippen LogP contribution in [0.15, 0.2) is 22.2 Å². The Morgan fingerprint density at radius 1 is 1.17 bits per heavy atom. The average Bonchev–Trinajstić information content (AvgIpc) is 2.65. The Morgan fingerprint density at radius 2 is 1.76 bits per heavy atom. The topological polar surface area (TPSA) is 186 Å². The predicted octanol–water partition coefficient (Wildman–Crippen LogP) is 0.195. The van der Waals surface area contributed by atoms with Gasteiger partial charge in [0.25, 0.3) is 16.0 Å². The summed E-state index contributed by atoms with van der Waals surface area (Å²) in [5, 5.41) is 13.0. The predicted molar refractivity (Wildman–Crippen MR) is 96.4 cm³/mol. The fourth-order valence-electron chi connectivity index (χ4n) is 2.12. The van der Waals surface area contributed by atoms with E-state index in [1.807, 2.05) is 5.32 Å². The van der Waals surface area contributed by atoms with Crippen LogP contribution in [0.2, 0.25) is 5.02 Å². The summed E-state index contributed by atoms with van der Waals surface area (Å²) in [7, 11) is -3.18. The summed E-state index contributed by atoms with van der Waals surface area (Å²) in [6.07, 6.45) is 0. The van der Waals surface area contributed by atoms with E-state index < -0.39 is 56.0 Å². The van der Waals surface area contributed by atoms with Gasteiger partial charge >= 0.3 is 11.9 Å². The number of benzene rings is 1. The van der Waals surface area contributed by atoms with Crippen molar-refractivity contribution in [2.24, 2.45) is 11.1 Å². The maximum absolute atomic E-state index is 12.4. The lowest BCUT2D eigenvalue weighted by molar-refractivity contribution is -0.150. The Kier molecular flexibility index (Phi) is 7.82. The number of oxime groups is 1. The molecule has 158 valence electrons. The normalized spacial score (nSPS) is 12.7. The van der Waals surface area contributed by atoms with E-state index in [9.17, 15) is 32.1 Å². The molecule has 14 heteroatoms. The summed E-state index contributed by atoms with van der Waals surface area (Å²) in [6.45, 7) is 1.45. The summed E-state index contributed by atoms with van der Waals surface area (Å²) in [5.41, 5.74) is -1.49. The molecule has 12 nitrogen and oxygen atoms in total. The number of methoxy groups -OCH3 is 2. The summed E-state index contributed by atoms with van der Waals surface area (Å²) in [6, 6.07) is 2.19. The van der Waals surface area contributed by atoms with Gasteiger partial charge in [0.05, 0.1) is 24.9 Å². The van der Waals surface area contributed by atoms with Gasteiger partial charge in [-0.1, -0.05) is 16.8 Å². The van der Waals surface area contributed by atoms with Crippen molar-refractivity contribution in [3.8, 4) is 0 Å². The molecule has 1 amide bonds. The molecule has 0 bridgehead atoms. The SMILES string of the molecule is COC(=O)/C(=N/O)C(C(=O)OC)C(=O)C(=O)Nc1c(Cl)cc(C)cc1S(=O)(=O)O. The quantitative estimate of drug-likeness (QED) is 0.0984. The van der Waals surface area contributed by atoms with E-state index in [1.165, 1.54) is 13.0 Å². The van der Waals surface area contributed by atoms with Crippen LogP contribution in [0.3, 0.4) is 0 Å². The number of amides is 1. The van der Waals surface area contributed by atoms with Gasteiger partial charge in [-0.05, 0) is 24.6 Å². The maximum atomic E-state index is 12.4. The molecule has 0 aromatic heterocycles. The third-order valence-electron chi connectivity index (χ3n) is 3.41. The zero-order chi connectivity index (χ0) is 22.5. The van der Waals surface area contributed by atoms with Crippen molar-refractivity contribution >= 4 is 56.7 Å². The second-order valence-corrected chi connectivity index (χ2v) is 7.14. The average molecular weight is 451 g/mol. The van der Waals surface area contributed by atoms with Crippen molar-refractivity contribution in [3.63, 3.8) is 0 Å². The second kappa shape index (κ2) is 9.45. The van der Waals surface area contributed by atoms with Crippen LogP contribution in [0.5, 0.6) is 0 Å². The van der Waals surface area contributed by atoms with Crippen LogP contribution in [0.25, 0.3) is 0 Å². The Hall–Kier alpha value is -3.03. The highest BCUT2D eigenvalue weighted by molar-refractivity contribution is 7.86. The van der Waals surface area contributed by atoms with E-state index >= 15 is 0 Å². The molecule has 1 rings (SSSR count). The van der Waals surface area contributed by atoms with Crippen LogP contribution in [0.4, 0.5) is 5.69 Å². The third kappa shape index (κ3) is 5.49. The van der Waals surface area contributed by atoms with Gasteiger partial charge in [-0.15, -0.1) is 0 Å². The molecule has 1 aromatic carbocycles. The van der Waals surface area contributed by atoms with Gasteiger partial charge in [0, 0.05) is 0 Å². The standard InChI is InChI=1S/C15H15ClN2O10S/c1-6-4-7(16)10(8(5-6)29(24,25)26)17-13(20)12(19)9(14(21)27-2)11(18-23)15(22)28-3/h4-5,9,23H,1-3H3,(H,17,20)(H,24,25,26)/b18-11+. The van der Waals surface area contributed by atoms with E-state index in [4.69, 9.17) is 16.8 Å². The number of halogens is 1. The van der Waals surface area contributed by atoms with Crippen molar-refractivity contribution in [1.82, 2.24) is 0 Å². The summed E-state index contributed by atoms with van der Waals surface area (Å²) in [5.74, 6) is -8.45. The molecule has 0 aliphatic carbocycles. The zero-order valence-corrected chi connectivity index (χ0v) is 16.7. The van der Waals surface area contributed by atoms with Crippen molar-refractivity contribution in [3.05, 3.63) is 22.7 Å². The number of esters is 2. The smallest absolute Gasteiger partial charge is 0.357 e. The lowest BCUT2D eigenvalue weighted by atomic mass is 9.97. The summed E-state index contributed by atoms with van der Waals surface area (Å²) in [4.78, 5) is 47.5. The molecule has 1 atom stereocenters. The first kappa shape index (κ1) is 24.0. The van der Waals surface area contributed by atoms with E-state index in [0.717, 1.165) is 20.3 Å². The molecule has 0 fully saturated rings. The minimum atomic E-state index is -4.87. The van der Waals surface area contributed by atoms with Crippen LogP contribution in [0, 0.1) is 12.8 Å². The number of hydrogen-bond acceptors (Lipinski definition) is 10. The lowest BCUT2D eigenvalue weighted by Crippen LogP contribution is -2.43. The van der Waals surface area contributed by atoms with E-state index in [2.05, 4.69) is 14.6 Å². The first-order valence-corrected chi connectivity index (χ1v) is 9.21. The molecule has 0 saturated heterocycles. The number of anilines is 1. The first-order valence-electron chi connectivity index (χ1n) is 7.39. The van der Waals surface area contributed by atoms with Crippen molar-refractivity contribution in [2.45, 2.75) is 11.8 Å². The molecule has 29 heavy (non-hydrogen) atoms. The third-order valence-corrected chi connectivity index (χ3v) is 4.59. The summed E-state index contributed by atoms with van der Waals surface area (Å²) >= 11 is 5.89. The Morgan fingerprint density at radius 3 is 2.21 bits per heavy atom. The summed E-state index contributed by atoms with van der Waals surface area (Å²) < 4.78 is 41.0. The minimum Gasteiger partial charge on any atom is -0.468 e. The number of nitrogens with zero attached hydrogens (tertiary/aromatic N) is 1. The van der Waals surface area contributed by atoms with E-state index in [-0.39, 0.29) is 5.02 Å². The number of ether oxygens (including phenoxy) is 2. The fourth-order valence-corrected chi connectivity index (χ4v) is 3.25. The minimum absolute atomic E-state index is 0.305. The molecule has 0 heterocycles. The van der Waals surface area contributed by atoms with Crippen LogP contribution < -0.4 is 5.32 Å². The highest BCUT2D eigenvalue weighted by atomic mass is 35.5. The van der Waals surface area contributed by atoms with Gasteiger partial charge in [-0.25, -0.2) is 4.79 Å².